The molecule has 1 aromatic carbocycles. The molecule has 1 atom stereocenters. The molecule has 1 rings (SSSR count). The predicted molar refractivity (Wildman–Crippen MR) is 87.5 cm³/mol. The van der Waals surface area contributed by atoms with Crippen LogP contribution in [0.2, 0.25) is 0 Å². The molecule has 0 amide bonds. The highest BCUT2D eigenvalue weighted by Gasteiger charge is 2.13. The van der Waals surface area contributed by atoms with Crippen LogP contribution >= 0.6 is 11.8 Å². The van der Waals surface area contributed by atoms with Gasteiger partial charge in [0.2, 0.25) is 0 Å². The third-order valence-corrected chi connectivity index (χ3v) is 4.85. The number of hydrogen-bond acceptors (Lipinski definition) is 4. The maximum atomic E-state index is 10.9. The maximum absolute atomic E-state index is 10.9. The molecule has 1 aromatic rings. The minimum Gasteiger partial charge on any atom is -0.385 e. The van der Waals surface area contributed by atoms with E-state index in [1.165, 1.54) is 0 Å². The molecule has 0 fully saturated rings. The minimum absolute atomic E-state index is 0.167. The van der Waals surface area contributed by atoms with Gasteiger partial charge in [0.1, 0.15) is 0 Å². The molecule has 0 aliphatic carbocycles. The summed E-state index contributed by atoms with van der Waals surface area (Å²) in [6.45, 7) is 9.58. The van der Waals surface area contributed by atoms with Gasteiger partial charge in [0.05, 0.1) is 4.92 Å². The highest BCUT2D eigenvalue weighted by Crippen LogP contribution is 2.29. The fourth-order valence-electron chi connectivity index (χ4n) is 1.66. The second kappa shape index (κ2) is 8.15. The number of thioether (sulfide) groups is 1. The molecule has 0 aliphatic rings. The monoisotopic (exact) mass is 296 g/mol. The zero-order valence-electron chi connectivity index (χ0n) is 12.7. The average Bonchev–Trinajstić information content (AvgIpc) is 2.42. The fourth-order valence-corrected chi connectivity index (χ4v) is 2.73. The number of hydrogen-bond donors (Lipinski definition) is 1. The van der Waals surface area contributed by atoms with Crippen LogP contribution in [0.4, 0.5) is 11.4 Å². The summed E-state index contributed by atoms with van der Waals surface area (Å²) < 4.78 is 0. The van der Waals surface area contributed by atoms with E-state index in [1.807, 2.05) is 17.8 Å². The van der Waals surface area contributed by atoms with E-state index in [-0.39, 0.29) is 10.6 Å². The molecule has 1 N–H and O–H groups in total. The van der Waals surface area contributed by atoms with Crippen molar-refractivity contribution in [2.75, 3.05) is 11.9 Å². The van der Waals surface area contributed by atoms with E-state index in [0.29, 0.717) is 11.2 Å². The van der Waals surface area contributed by atoms with Crippen LogP contribution in [0.25, 0.3) is 0 Å². The summed E-state index contributed by atoms with van der Waals surface area (Å²) in [4.78, 5) is 10.6. The van der Waals surface area contributed by atoms with Crippen molar-refractivity contribution in [2.45, 2.75) is 45.1 Å². The lowest BCUT2D eigenvalue weighted by atomic mass is 10.1. The molecular weight excluding hydrogens is 272 g/mol. The van der Waals surface area contributed by atoms with Gasteiger partial charge in [0.15, 0.2) is 0 Å². The second-order valence-corrected chi connectivity index (χ2v) is 6.65. The summed E-state index contributed by atoms with van der Waals surface area (Å²) in [6.07, 6.45) is 1.03. The van der Waals surface area contributed by atoms with Gasteiger partial charge < -0.3 is 5.32 Å². The van der Waals surface area contributed by atoms with E-state index in [2.05, 4.69) is 33.0 Å². The number of nitrogens with zero attached hydrogens (tertiary/aromatic N) is 1. The summed E-state index contributed by atoms with van der Waals surface area (Å²) in [5.74, 6) is 1.40. The van der Waals surface area contributed by atoms with Crippen LogP contribution in [-0.4, -0.2) is 16.7 Å². The third kappa shape index (κ3) is 5.04. The first-order valence-corrected chi connectivity index (χ1v) is 8.13. The molecule has 0 saturated carbocycles. The Hall–Kier alpha value is -1.23. The maximum Gasteiger partial charge on any atom is 0.269 e. The quantitative estimate of drug-likeness (QED) is 0.558. The van der Waals surface area contributed by atoms with Crippen LogP contribution in [0.3, 0.4) is 0 Å². The summed E-state index contributed by atoms with van der Waals surface area (Å²) in [7, 11) is 0. The lowest BCUT2D eigenvalue weighted by molar-refractivity contribution is -0.384. The smallest absolute Gasteiger partial charge is 0.269 e. The van der Waals surface area contributed by atoms with Gasteiger partial charge >= 0.3 is 0 Å². The van der Waals surface area contributed by atoms with Crippen LogP contribution in [0.15, 0.2) is 18.2 Å². The summed E-state index contributed by atoms with van der Waals surface area (Å²) in [5, 5.41) is 14.8. The Morgan fingerprint density at radius 1 is 1.35 bits per heavy atom. The first kappa shape index (κ1) is 16.8. The fraction of sp³-hybridized carbons (Fsp3) is 0.600. The van der Waals surface area contributed by atoms with Gasteiger partial charge in [0, 0.05) is 35.4 Å². The first-order chi connectivity index (χ1) is 9.45. The second-order valence-electron chi connectivity index (χ2n) is 5.29. The molecule has 0 aliphatic heterocycles. The van der Waals surface area contributed by atoms with Gasteiger partial charge in [0.25, 0.3) is 5.69 Å². The minimum atomic E-state index is -0.330. The van der Waals surface area contributed by atoms with Crippen molar-refractivity contribution in [1.82, 2.24) is 0 Å². The van der Waals surface area contributed by atoms with E-state index < -0.39 is 0 Å². The van der Waals surface area contributed by atoms with E-state index >= 15 is 0 Å². The summed E-state index contributed by atoms with van der Waals surface area (Å²) in [5.41, 5.74) is 2.20. The van der Waals surface area contributed by atoms with Crippen LogP contribution in [0.5, 0.6) is 0 Å². The van der Waals surface area contributed by atoms with Gasteiger partial charge in [-0.25, -0.2) is 0 Å². The predicted octanol–water partition coefficient (Wildman–Crippen LogP) is 4.69. The van der Waals surface area contributed by atoms with E-state index in [9.17, 15) is 10.1 Å². The van der Waals surface area contributed by atoms with Crippen LogP contribution in [-0.2, 0) is 5.75 Å². The molecule has 0 spiro atoms. The SMILES string of the molecule is CCCNc1ccc([N+](=O)[O-])cc1CSC(C)C(C)C. The zero-order valence-corrected chi connectivity index (χ0v) is 13.5. The number of rotatable bonds is 8. The standard InChI is InChI=1S/C15H24N2O2S/c1-5-8-16-15-7-6-14(17(18)19)9-13(15)10-20-12(4)11(2)3/h6-7,9,11-12,16H,5,8,10H2,1-4H3. The largest absolute Gasteiger partial charge is 0.385 e. The molecule has 5 heteroatoms. The average molecular weight is 296 g/mol. The first-order valence-electron chi connectivity index (χ1n) is 7.08. The van der Waals surface area contributed by atoms with Crippen LogP contribution in [0.1, 0.15) is 39.7 Å². The molecule has 0 bridgehead atoms. The highest BCUT2D eigenvalue weighted by molar-refractivity contribution is 7.99. The zero-order chi connectivity index (χ0) is 15.1. The van der Waals surface area contributed by atoms with E-state index in [0.717, 1.165) is 30.0 Å². The molecule has 1 unspecified atom stereocenters. The lowest BCUT2D eigenvalue weighted by Gasteiger charge is -2.17. The Kier molecular flexibility index (Phi) is 6.85. The number of nitrogens with one attached hydrogen (secondary N) is 1. The van der Waals surface area contributed by atoms with Crippen molar-refractivity contribution in [3.05, 3.63) is 33.9 Å². The lowest BCUT2D eigenvalue weighted by Crippen LogP contribution is -2.07. The van der Waals surface area contributed by atoms with E-state index in [4.69, 9.17) is 0 Å². The van der Waals surface area contributed by atoms with Gasteiger partial charge in [-0.3, -0.25) is 10.1 Å². The number of non-ortho nitro benzene ring substituents is 1. The van der Waals surface area contributed by atoms with Crippen molar-refractivity contribution in [1.29, 1.82) is 0 Å². The van der Waals surface area contributed by atoms with Crippen molar-refractivity contribution in [3.8, 4) is 0 Å². The van der Waals surface area contributed by atoms with Gasteiger partial charge in [-0.15, -0.1) is 0 Å². The Labute approximate surface area is 125 Å². The van der Waals surface area contributed by atoms with Crippen LogP contribution < -0.4 is 5.32 Å². The molecule has 4 nitrogen and oxygen atoms in total. The van der Waals surface area contributed by atoms with Crippen molar-refractivity contribution in [3.63, 3.8) is 0 Å². The number of anilines is 1. The number of benzene rings is 1. The molecule has 0 saturated heterocycles. The summed E-state index contributed by atoms with van der Waals surface area (Å²) in [6, 6.07) is 5.08. The molecular formula is C15H24N2O2S. The molecule has 112 valence electrons. The molecule has 0 radical (unpaired) electrons. The molecule has 0 aromatic heterocycles. The highest BCUT2D eigenvalue weighted by atomic mass is 32.2. The normalized spacial score (nSPS) is 12.4. The van der Waals surface area contributed by atoms with Crippen LogP contribution in [0, 0.1) is 16.0 Å². The molecule has 0 heterocycles. The molecule has 20 heavy (non-hydrogen) atoms. The van der Waals surface area contributed by atoms with Crippen molar-refractivity contribution >= 4 is 23.1 Å². The number of nitro benzene ring substituents is 1. The Balaban J connectivity index is 2.87. The van der Waals surface area contributed by atoms with Gasteiger partial charge in [-0.1, -0.05) is 27.7 Å². The van der Waals surface area contributed by atoms with Crippen molar-refractivity contribution in [2.24, 2.45) is 5.92 Å². The van der Waals surface area contributed by atoms with E-state index in [1.54, 1.807) is 12.1 Å². The number of nitro groups is 1. The Morgan fingerprint density at radius 3 is 2.60 bits per heavy atom. The third-order valence-electron chi connectivity index (χ3n) is 3.31. The Bertz CT molecular complexity index is 449. The Morgan fingerprint density at radius 2 is 2.05 bits per heavy atom. The summed E-state index contributed by atoms with van der Waals surface area (Å²) >= 11 is 1.84. The van der Waals surface area contributed by atoms with Gasteiger partial charge in [-0.05, 0) is 24.0 Å². The van der Waals surface area contributed by atoms with Gasteiger partial charge in [-0.2, -0.15) is 11.8 Å². The topological polar surface area (TPSA) is 55.2 Å². The van der Waals surface area contributed by atoms with Crippen molar-refractivity contribution < 1.29 is 4.92 Å².